The number of anilines is 2. The maximum absolute atomic E-state index is 12.6. The molecule has 2 aromatic carbocycles. The number of carbonyl (C=O) groups excluding carboxylic acids is 2. The molecule has 2 heterocycles. The number of nitrogens with one attached hydrogen (secondary N) is 2. The number of aryl methyl sites for hydroxylation is 1. The largest absolute Gasteiger partial charge is 0.424 e. The van der Waals surface area contributed by atoms with Gasteiger partial charge in [-0.25, -0.2) is 9.97 Å². The Balaban J connectivity index is 1.39. The van der Waals surface area contributed by atoms with Crippen molar-refractivity contribution in [3.8, 4) is 11.8 Å². The summed E-state index contributed by atoms with van der Waals surface area (Å²) >= 11 is 1.37. The number of hydrogen-bond donors (Lipinski definition) is 2. The molecule has 0 saturated carbocycles. The van der Waals surface area contributed by atoms with Crippen molar-refractivity contribution in [2.24, 2.45) is 0 Å². The van der Waals surface area contributed by atoms with Gasteiger partial charge in [-0.3, -0.25) is 9.59 Å². The number of rotatable bonds is 6. The van der Waals surface area contributed by atoms with Gasteiger partial charge in [-0.05, 0) is 72.5 Å². The van der Waals surface area contributed by atoms with E-state index in [-0.39, 0.29) is 17.8 Å². The molecule has 0 aliphatic rings. The van der Waals surface area contributed by atoms with Gasteiger partial charge >= 0.3 is 6.01 Å². The molecule has 154 valence electrons. The van der Waals surface area contributed by atoms with Crippen molar-refractivity contribution in [2.45, 2.75) is 6.92 Å². The Hall–Kier alpha value is -4.04. The Kier molecular flexibility index (Phi) is 6.00. The highest BCUT2D eigenvalue weighted by molar-refractivity contribution is 7.12. The smallest absolute Gasteiger partial charge is 0.321 e. The molecule has 2 aromatic heterocycles. The van der Waals surface area contributed by atoms with Crippen molar-refractivity contribution in [3.05, 3.63) is 94.4 Å². The molecule has 31 heavy (non-hydrogen) atoms. The molecule has 0 unspecified atom stereocenters. The second-order valence-electron chi connectivity index (χ2n) is 6.57. The lowest BCUT2D eigenvalue weighted by Crippen LogP contribution is -2.13. The van der Waals surface area contributed by atoms with Gasteiger partial charge in [0.1, 0.15) is 5.75 Å². The van der Waals surface area contributed by atoms with Crippen LogP contribution >= 0.6 is 11.3 Å². The molecule has 4 aromatic rings. The van der Waals surface area contributed by atoms with Gasteiger partial charge in [0.05, 0.1) is 4.88 Å². The molecule has 0 aliphatic heterocycles. The van der Waals surface area contributed by atoms with Crippen LogP contribution in [0.1, 0.15) is 25.6 Å². The summed E-state index contributed by atoms with van der Waals surface area (Å²) in [6.45, 7) is 1.87. The van der Waals surface area contributed by atoms with Crippen molar-refractivity contribution in [3.63, 3.8) is 0 Å². The van der Waals surface area contributed by atoms with Crippen LogP contribution in [0.25, 0.3) is 0 Å². The lowest BCUT2D eigenvalue weighted by Gasteiger charge is -2.11. The summed E-state index contributed by atoms with van der Waals surface area (Å²) in [5.41, 5.74) is 2.60. The molecule has 8 heteroatoms. The van der Waals surface area contributed by atoms with Crippen LogP contribution in [0.2, 0.25) is 0 Å². The molecule has 0 atom stereocenters. The zero-order chi connectivity index (χ0) is 21.6. The SMILES string of the molecule is Cc1cc(Oc2ncccn2)ccc1NC(=O)c1ccc(NC(=O)c2cccs2)cc1. The van der Waals surface area contributed by atoms with E-state index in [0.29, 0.717) is 27.6 Å². The predicted octanol–water partition coefficient (Wildman–Crippen LogP) is 5.14. The third-order valence-corrected chi connectivity index (χ3v) is 5.22. The van der Waals surface area contributed by atoms with E-state index in [9.17, 15) is 9.59 Å². The van der Waals surface area contributed by atoms with Gasteiger partial charge in [0.15, 0.2) is 0 Å². The van der Waals surface area contributed by atoms with Crippen molar-refractivity contribution in [2.75, 3.05) is 10.6 Å². The first-order valence-electron chi connectivity index (χ1n) is 9.40. The number of hydrogen-bond acceptors (Lipinski definition) is 6. The highest BCUT2D eigenvalue weighted by Gasteiger charge is 2.11. The van der Waals surface area contributed by atoms with Crippen molar-refractivity contribution in [1.29, 1.82) is 0 Å². The fraction of sp³-hybridized carbons (Fsp3) is 0.0435. The van der Waals surface area contributed by atoms with Crippen molar-refractivity contribution >= 4 is 34.5 Å². The molecule has 0 radical (unpaired) electrons. The first kappa shape index (κ1) is 20.2. The monoisotopic (exact) mass is 430 g/mol. The van der Waals surface area contributed by atoms with Gasteiger partial charge in [0, 0.05) is 29.3 Å². The van der Waals surface area contributed by atoms with E-state index in [0.717, 1.165) is 5.56 Å². The van der Waals surface area contributed by atoms with Crippen molar-refractivity contribution in [1.82, 2.24) is 9.97 Å². The molecular weight excluding hydrogens is 412 g/mol. The topological polar surface area (TPSA) is 93.2 Å². The fourth-order valence-electron chi connectivity index (χ4n) is 2.78. The summed E-state index contributed by atoms with van der Waals surface area (Å²) in [5, 5.41) is 7.55. The van der Waals surface area contributed by atoms with E-state index in [1.807, 2.05) is 18.4 Å². The normalized spacial score (nSPS) is 10.4. The van der Waals surface area contributed by atoms with Crippen LogP contribution in [0.4, 0.5) is 11.4 Å². The minimum atomic E-state index is -0.251. The Bertz CT molecular complexity index is 1190. The molecule has 0 aliphatic carbocycles. The van der Waals surface area contributed by atoms with Crippen LogP contribution in [0.5, 0.6) is 11.8 Å². The predicted molar refractivity (Wildman–Crippen MR) is 120 cm³/mol. The van der Waals surface area contributed by atoms with E-state index in [1.54, 1.807) is 67.0 Å². The van der Waals surface area contributed by atoms with E-state index < -0.39 is 0 Å². The first-order valence-corrected chi connectivity index (χ1v) is 10.3. The summed E-state index contributed by atoms with van der Waals surface area (Å²) < 4.78 is 5.61. The molecule has 0 bridgehead atoms. The Labute approximate surface area is 182 Å². The van der Waals surface area contributed by atoms with E-state index in [1.165, 1.54) is 11.3 Å². The quantitative estimate of drug-likeness (QED) is 0.442. The van der Waals surface area contributed by atoms with Gasteiger partial charge in [0.2, 0.25) is 0 Å². The van der Waals surface area contributed by atoms with Gasteiger partial charge in [-0.2, -0.15) is 0 Å². The maximum Gasteiger partial charge on any atom is 0.321 e. The molecular formula is C23H18N4O3S. The zero-order valence-electron chi connectivity index (χ0n) is 16.5. The lowest BCUT2D eigenvalue weighted by molar-refractivity contribution is 0.102. The Morgan fingerprint density at radius 3 is 2.35 bits per heavy atom. The molecule has 4 rings (SSSR count). The van der Waals surface area contributed by atoms with Crippen LogP contribution in [0.3, 0.4) is 0 Å². The minimum absolute atomic E-state index is 0.175. The van der Waals surface area contributed by atoms with Crippen LogP contribution < -0.4 is 15.4 Å². The average molecular weight is 430 g/mol. The number of ether oxygens (including phenoxy) is 1. The van der Waals surface area contributed by atoms with Crippen LogP contribution in [0, 0.1) is 6.92 Å². The van der Waals surface area contributed by atoms with E-state index >= 15 is 0 Å². The highest BCUT2D eigenvalue weighted by Crippen LogP contribution is 2.25. The van der Waals surface area contributed by atoms with Crippen LogP contribution in [-0.4, -0.2) is 21.8 Å². The summed E-state index contributed by atoms with van der Waals surface area (Å²) in [5.74, 6) is 0.151. The van der Waals surface area contributed by atoms with Crippen LogP contribution in [-0.2, 0) is 0 Å². The number of aromatic nitrogens is 2. The van der Waals surface area contributed by atoms with Gasteiger partial charge in [-0.15, -0.1) is 11.3 Å². The third-order valence-electron chi connectivity index (χ3n) is 4.35. The lowest BCUT2D eigenvalue weighted by atomic mass is 10.1. The highest BCUT2D eigenvalue weighted by atomic mass is 32.1. The summed E-state index contributed by atoms with van der Waals surface area (Å²) in [7, 11) is 0. The molecule has 0 spiro atoms. The number of carbonyl (C=O) groups is 2. The summed E-state index contributed by atoms with van der Waals surface area (Å²) in [6, 6.07) is 17.6. The molecule has 7 nitrogen and oxygen atoms in total. The van der Waals surface area contributed by atoms with Crippen LogP contribution in [0.15, 0.2) is 78.4 Å². The summed E-state index contributed by atoms with van der Waals surface area (Å²) in [4.78, 5) is 33.4. The third kappa shape index (κ3) is 5.12. The number of thiophene rings is 1. The minimum Gasteiger partial charge on any atom is -0.424 e. The Morgan fingerprint density at radius 2 is 1.68 bits per heavy atom. The average Bonchev–Trinajstić information content (AvgIpc) is 3.32. The Morgan fingerprint density at radius 1 is 0.903 bits per heavy atom. The number of nitrogens with zero attached hydrogens (tertiary/aromatic N) is 2. The van der Waals surface area contributed by atoms with Gasteiger partial charge in [0.25, 0.3) is 11.8 Å². The van der Waals surface area contributed by atoms with Crippen molar-refractivity contribution < 1.29 is 14.3 Å². The maximum atomic E-state index is 12.6. The fourth-order valence-corrected chi connectivity index (χ4v) is 3.40. The van der Waals surface area contributed by atoms with E-state index in [4.69, 9.17) is 4.74 Å². The number of amides is 2. The first-order chi connectivity index (χ1) is 15.1. The second-order valence-corrected chi connectivity index (χ2v) is 7.52. The number of benzene rings is 2. The standard InChI is InChI=1S/C23H18N4O3S/c1-15-14-18(30-23-24-11-3-12-25-23)9-10-19(15)27-21(28)16-5-7-17(8-6-16)26-22(29)20-4-2-13-31-20/h2-14H,1H3,(H,26,29)(H,27,28). The molecule has 2 N–H and O–H groups in total. The molecule has 0 saturated heterocycles. The van der Waals surface area contributed by atoms with Gasteiger partial charge in [-0.1, -0.05) is 6.07 Å². The second kappa shape index (κ2) is 9.19. The zero-order valence-corrected chi connectivity index (χ0v) is 17.3. The van der Waals surface area contributed by atoms with E-state index in [2.05, 4.69) is 20.6 Å². The molecule has 2 amide bonds. The van der Waals surface area contributed by atoms with Gasteiger partial charge < -0.3 is 15.4 Å². The molecule has 0 fully saturated rings. The summed E-state index contributed by atoms with van der Waals surface area (Å²) in [6.07, 6.45) is 3.20.